The van der Waals surface area contributed by atoms with Crippen LogP contribution in [-0.4, -0.2) is 24.0 Å². The van der Waals surface area contributed by atoms with Gasteiger partial charge in [0.25, 0.3) is 0 Å². The minimum absolute atomic E-state index is 0.0375. The van der Waals surface area contributed by atoms with E-state index in [0.29, 0.717) is 11.6 Å². The van der Waals surface area contributed by atoms with Crippen molar-refractivity contribution in [2.24, 2.45) is 5.92 Å². The summed E-state index contributed by atoms with van der Waals surface area (Å²) in [6.07, 6.45) is 2.06. The van der Waals surface area contributed by atoms with Gasteiger partial charge in [-0.1, -0.05) is 5.16 Å². The van der Waals surface area contributed by atoms with E-state index >= 15 is 0 Å². The predicted molar refractivity (Wildman–Crippen MR) is 51.2 cm³/mol. The molecule has 1 atom stereocenters. The highest BCUT2D eigenvalue weighted by Crippen LogP contribution is 2.15. The molecule has 0 aliphatic carbocycles. The highest BCUT2D eigenvalue weighted by Gasteiger charge is 2.17. The van der Waals surface area contributed by atoms with E-state index in [1.165, 1.54) is 13.3 Å². The number of hydrogen-bond acceptors (Lipinski definition) is 4. The highest BCUT2D eigenvalue weighted by atomic mass is 16.5. The van der Waals surface area contributed by atoms with Gasteiger partial charge in [-0.05, 0) is 25.4 Å². The number of nitrogens with one attached hydrogen (secondary N) is 1. The summed E-state index contributed by atoms with van der Waals surface area (Å²) in [5, 5.41) is 7.01. The zero-order valence-electron chi connectivity index (χ0n) is 8.25. The molecule has 0 saturated carbocycles. The molecule has 4 heteroatoms. The Hall–Kier alpha value is -1.16. The van der Waals surface area contributed by atoms with Crippen molar-refractivity contribution in [3.8, 4) is 0 Å². The van der Waals surface area contributed by atoms with Crippen molar-refractivity contribution < 1.29 is 9.32 Å². The number of rotatable bonds is 3. The second kappa shape index (κ2) is 3.92. The molecule has 1 aromatic rings. The maximum atomic E-state index is 11.0. The first-order valence-corrected chi connectivity index (χ1v) is 4.93. The molecule has 0 radical (unpaired) electrons. The Kier molecular flexibility index (Phi) is 2.63. The number of ketones is 1. The number of aromatic nitrogens is 1. The summed E-state index contributed by atoms with van der Waals surface area (Å²) in [4.78, 5) is 11.0. The SMILES string of the molecule is CC(=O)c1cc(CC2CCNC2)on1. The topological polar surface area (TPSA) is 55.1 Å². The van der Waals surface area contributed by atoms with Crippen LogP contribution in [0.5, 0.6) is 0 Å². The van der Waals surface area contributed by atoms with Crippen molar-refractivity contribution in [2.45, 2.75) is 19.8 Å². The van der Waals surface area contributed by atoms with Gasteiger partial charge in [0.2, 0.25) is 0 Å². The molecule has 1 N–H and O–H groups in total. The Balaban J connectivity index is 1.98. The predicted octanol–water partition coefficient (Wildman–Crippen LogP) is 1.03. The zero-order valence-corrected chi connectivity index (χ0v) is 8.25. The Morgan fingerprint density at radius 3 is 3.21 bits per heavy atom. The molecular formula is C10H14N2O2. The molecule has 0 aromatic carbocycles. The fraction of sp³-hybridized carbons (Fsp3) is 0.600. The Bertz CT molecular complexity index is 327. The first-order valence-electron chi connectivity index (χ1n) is 4.93. The van der Waals surface area contributed by atoms with Crippen LogP contribution in [0.25, 0.3) is 0 Å². The molecular weight excluding hydrogens is 180 g/mol. The van der Waals surface area contributed by atoms with Crippen LogP contribution < -0.4 is 5.32 Å². The van der Waals surface area contributed by atoms with Crippen molar-refractivity contribution in [2.75, 3.05) is 13.1 Å². The Morgan fingerprint density at radius 2 is 2.64 bits per heavy atom. The van der Waals surface area contributed by atoms with Gasteiger partial charge in [-0.3, -0.25) is 4.79 Å². The average molecular weight is 194 g/mol. The van der Waals surface area contributed by atoms with Gasteiger partial charge in [-0.15, -0.1) is 0 Å². The summed E-state index contributed by atoms with van der Waals surface area (Å²) < 4.78 is 5.09. The second-order valence-electron chi connectivity index (χ2n) is 3.80. The fourth-order valence-corrected chi connectivity index (χ4v) is 1.75. The van der Waals surface area contributed by atoms with Gasteiger partial charge in [0.15, 0.2) is 5.78 Å². The van der Waals surface area contributed by atoms with Crippen molar-refractivity contribution in [3.63, 3.8) is 0 Å². The van der Waals surface area contributed by atoms with Gasteiger partial charge in [-0.25, -0.2) is 0 Å². The van der Waals surface area contributed by atoms with Crippen molar-refractivity contribution in [3.05, 3.63) is 17.5 Å². The average Bonchev–Trinajstić information content (AvgIpc) is 2.75. The monoisotopic (exact) mass is 194 g/mol. The number of carbonyl (C=O) groups excluding carboxylic acids is 1. The van der Waals surface area contributed by atoms with Gasteiger partial charge in [-0.2, -0.15) is 0 Å². The van der Waals surface area contributed by atoms with Crippen LogP contribution in [0.1, 0.15) is 29.6 Å². The number of carbonyl (C=O) groups is 1. The van der Waals surface area contributed by atoms with Crippen LogP contribution in [0.15, 0.2) is 10.6 Å². The molecule has 2 rings (SSSR count). The summed E-state index contributed by atoms with van der Waals surface area (Å²) in [7, 11) is 0. The molecule has 1 unspecified atom stereocenters. The van der Waals surface area contributed by atoms with E-state index in [-0.39, 0.29) is 5.78 Å². The zero-order chi connectivity index (χ0) is 9.97. The first-order chi connectivity index (χ1) is 6.75. The van der Waals surface area contributed by atoms with Crippen molar-refractivity contribution >= 4 is 5.78 Å². The van der Waals surface area contributed by atoms with E-state index in [0.717, 1.165) is 25.3 Å². The van der Waals surface area contributed by atoms with E-state index in [1.54, 1.807) is 6.07 Å². The summed E-state index contributed by atoms with van der Waals surface area (Å²) >= 11 is 0. The number of hydrogen-bond donors (Lipinski definition) is 1. The lowest BCUT2D eigenvalue weighted by Gasteiger charge is -2.02. The van der Waals surface area contributed by atoms with Crippen LogP contribution in [0.4, 0.5) is 0 Å². The molecule has 1 saturated heterocycles. The quantitative estimate of drug-likeness (QED) is 0.730. The molecule has 1 fully saturated rings. The Morgan fingerprint density at radius 1 is 1.79 bits per heavy atom. The van der Waals surface area contributed by atoms with Crippen molar-refractivity contribution in [1.82, 2.24) is 10.5 Å². The fourth-order valence-electron chi connectivity index (χ4n) is 1.75. The Labute approximate surface area is 82.7 Å². The largest absolute Gasteiger partial charge is 0.361 e. The smallest absolute Gasteiger partial charge is 0.181 e. The lowest BCUT2D eigenvalue weighted by atomic mass is 10.0. The molecule has 76 valence electrons. The van der Waals surface area contributed by atoms with Crippen LogP contribution >= 0.6 is 0 Å². The molecule has 2 heterocycles. The van der Waals surface area contributed by atoms with Crippen LogP contribution in [-0.2, 0) is 6.42 Å². The van der Waals surface area contributed by atoms with Crippen LogP contribution in [0.3, 0.4) is 0 Å². The third-order valence-corrected chi connectivity index (χ3v) is 2.57. The third kappa shape index (κ3) is 2.01. The van der Waals surface area contributed by atoms with Gasteiger partial charge in [0, 0.05) is 19.4 Å². The van der Waals surface area contributed by atoms with Gasteiger partial charge in [0.1, 0.15) is 11.5 Å². The summed E-state index contributed by atoms with van der Waals surface area (Å²) in [5.74, 6) is 1.41. The summed E-state index contributed by atoms with van der Waals surface area (Å²) in [6.45, 7) is 3.62. The lowest BCUT2D eigenvalue weighted by Crippen LogP contribution is -2.10. The maximum Gasteiger partial charge on any atom is 0.181 e. The molecule has 14 heavy (non-hydrogen) atoms. The number of nitrogens with zero attached hydrogens (tertiary/aromatic N) is 1. The molecule has 4 nitrogen and oxygen atoms in total. The van der Waals surface area contributed by atoms with E-state index in [4.69, 9.17) is 4.52 Å². The number of Topliss-reactive ketones (excluding diaryl/α,β-unsaturated/α-hetero) is 1. The minimum Gasteiger partial charge on any atom is -0.361 e. The van der Waals surface area contributed by atoms with Gasteiger partial charge >= 0.3 is 0 Å². The van der Waals surface area contributed by atoms with E-state index in [2.05, 4.69) is 10.5 Å². The molecule has 0 amide bonds. The molecule has 1 aliphatic heterocycles. The standard InChI is InChI=1S/C10H14N2O2/c1-7(13)10-5-9(14-12-10)4-8-2-3-11-6-8/h5,8,11H,2-4,6H2,1H3. The van der Waals surface area contributed by atoms with E-state index < -0.39 is 0 Å². The first kappa shape index (κ1) is 9.40. The van der Waals surface area contributed by atoms with Crippen LogP contribution in [0.2, 0.25) is 0 Å². The molecule has 1 aromatic heterocycles. The van der Waals surface area contributed by atoms with E-state index in [9.17, 15) is 4.79 Å². The van der Waals surface area contributed by atoms with Gasteiger partial charge < -0.3 is 9.84 Å². The summed E-state index contributed by atoms with van der Waals surface area (Å²) in [6, 6.07) is 1.75. The summed E-state index contributed by atoms with van der Waals surface area (Å²) in [5.41, 5.74) is 0.436. The highest BCUT2D eigenvalue weighted by molar-refractivity contribution is 5.91. The molecule has 0 bridgehead atoms. The van der Waals surface area contributed by atoms with Crippen LogP contribution in [0, 0.1) is 5.92 Å². The maximum absolute atomic E-state index is 11.0. The van der Waals surface area contributed by atoms with Gasteiger partial charge in [0.05, 0.1) is 0 Å². The molecule has 1 aliphatic rings. The minimum atomic E-state index is -0.0375. The van der Waals surface area contributed by atoms with Crippen molar-refractivity contribution in [1.29, 1.82) is 0 Å². The second-order valence-corrected chi connectivity index (χ2v) is 3.80. The third-order valence-electron chi connectivity index (χ3n) is 2.57. The van der Waals surface area contributed by atoms with E-state index in [1.807, 2.05) is 0 Å². The molecule has 0 spiro atoms. The lowest BCUT2D eigenvalue weighted by molar-refractivity contribution is 0.100. The normalized spacial score (nSPS) is 21.4.